The van der Waals surface area contributed by atoms with E-state index >= 15 is 0 Å². The number of halogens is 1. The number of carboxylic acid groups (broad SMARTS) is 1. The fourth-order valence-corrected chi connectivity index (χ4v) is 1.99. The van der Waals surface area contributed by atoms with Gasteiger partial charge in [-0.2, -0.15) is 0 Å². The zero-order valence-electron chi connectivity index (χ0n) is 13.2. The number of amides is 1. The van der Waals surface area contributed by atoms with E-state index in [-0.39, 0.29) is 19.0 Å². The van der Waals surface area contributed by atoms with Gasteiger partial charge in [0.05, 0.1) is 12.7 Å². The molecule has 0 radical (unpaired) electrons. The van der Waals surface area contributed by atoms with Crippen molar-refractivity contribution in [2.24, 2.45) is 0 Å². The first-order valence-electron chi connectivity index (χ1n) is 7.10. The lowest BCUT2D eigenvalue weighted by Crippen LogP contribution is -2.46. The average molecular weight is 353 g/mol. The molecule has 0 spiro atoms. The molecule has 0 unspecified atom stereocenters. The minimum absolute atomic E-state index is 0.117. The van der Waals surface area contributed by atoms with Crippen molar-refractivity contribution in [1.29, 1.82) is 0 Å². The normalized spacial score (nSPS) is 11.1. The summed E-state index contributed by atoms with van der Waals surface area (Å²) in [4.78, 5) is 22.9. The first-order valence-corrected chi connectivity index (χ1v) is 7.48. The second kappa shape index (κ2) is 7.31. The zero-order valence-corrected chi connectivity index (χ0v) is 13.9. The molecule has 0 bridgehead atoms. The molecule has 1 aromatic carbocycles. The summed E-state index contributed by atoms with van der Waals surface area (Å²) in [5.74, 6) is -0.842. The Bertz CT molecular complexity index is 727. The molecule has 0 aliphatic carbocycles. The van der Waals surface area contributed by atoms with Gasteiger partial charge in [-0.25, -0.2) is 4.68 Å². The highest BCUT2D eigenvalue weighted by molar-refractivity contribution is 6.30. The molecule has 0 saturated carbocycles. The molecule has 128 valence electrons. The van der Waals surface area contributed by atoms with Crippen molar-refractivity contribution in [3.8, 4) is 5.75 Å². The molecule has 1 amide bonds. The number of hydrogen-bond acceptors (Lipinski definition) is 5. The lowest BCUT2D eigenvalue weighted by atomic mass is 10.1. The Morgan fingerprint density at radius 2 is 2.00 bits per heavy atom. The number of hydrogen-bond donors (Lipinski definition) is 2. The molecule has 8 nitrogen and oxygen atoms in total. The van der Waals surface area contributed by atoms with Crippen molar-refractivity contribution in [3.63, 3.8) is 0 Å². The van der Waals surface area contributed by atoms with Gasteiger partial charge in [-0.3, -0.25) is 9.59 Å². The lowest BCUT2D eigenvalue weighted by molar-refractivity contribution is -0.138. The Morgan fingerprint density at radius 1 is 1.33 bits per heavy atom. The average Bonchev–Trinajstić information content (AvgIpc) is 2.93. The van der Waals surface area contributed by atoms with Gasteiger partial charge in [-0.05, 0) is 38.1 Å². The summed E-state index contributed by atoms with van der Waals surface area (Å²) < 4.78 is 6.85. The van der Waals surface area contributed by atoms with E-state index in [1.807, 2.05) is 0 Å². The molecule has 0 aliphatic heterocycles. The fraction of sp³-hybridized carbons (Fsp3) is 0.333. The highest BCUT2D eigenvalue weighted by atomic mass is 35.5. The molecule has 24 heavy (non-hydrogen) atoms. The van der Waals surface area contributed by atoms with Crippen molar-refractivity contribution in [2.45, 2.75) is 32.5 Å². The molecule has 0 saturated heterocycles. The van der Waals surface area contributed by atoms with E-state index < -0.39 is 11.6 Å². The Kier molecular flexibility index (Phi) is 5.40. The van der Waals surface area contributed by atoms with Crippen LogP contribution in [-0.2, 0) is 22.7 Å². The molecule has 1 heterocycles. The van der Waals surface area contributed by atoms with Crippen LogP contribution in [0.1, 0.15) is 19.5 Å². The second-order valence-corrected chi connectivity index (χ2v) is 5.99. The topological polar surface area (TPSA) is 106 Å². The van der Waals surface area contributed by atoms with Gasteiger partial charge in [0.25, 0.3) is 5.91 Å². The molecule has 2 N–H and O–H groups in total. The number of aliphatic carboxylic acids is 1. The van der Waals surface area contributed by atoms with Crippen molar-refractivity contribution >= 4 is 23.5 Å². The molecule has 2 aromatic rings. The lowest BCUT2D eigenvalue weighted by Gasteiger charge is -2.25. The third-order valence-corrected chi connectivity index (χ3v) is 3.30. The first-order chi connectivity index (χ1) is 11.3. The number of nitrogens with one attached hydrogen (secondary N) is 1. The molecular formula is C15H17ClN4O4. The van der Waals surface area contributed by atoms with Gasteiger partial charge in [0.15, 0.2) is 5.60 Å². The van der Waals surface area contributed by atoms with Crippen LogP contribution in [0.25, 0.3) is 0 Å². The summed E-state index contributed by atoms with van der Waals surface area (Å²) in [5, 5.41) is 19.4. The summed E-state index contributed by atoms with van der Waals surface area (Å²) in [7, 11) is 0. The van der Waals surface area contributed by atoms with Crippen molar-refractivity contribution in [1.82, 2.24) is 20.3 Å². The van der Waals surface area contributed by atoms with E-state index in [1.165, 1.54) is 10.9 Å². The Balaban J connectivity index is 1.91. The van der Waals surface area contributed by atoms with Crippen LogP contribution in [0.5, 0.6) is 5.75 Å². The largest absolute Gasteiger partial charge is 0.480 e. The Hall–Kier alpha value is -2.61. The number of aromatic nitrogens is 3. The maximum atomic E-state index is 12.3. The summed E-state index contributed by atoms with van der Waals surface area (Å²) in [6.07, 6.45) is 1.46. The minimum Gasteiger partial charge on any atom is -0.480 e. The number of ether oxygens (including phenoxy) is 1. The Morgan fingerprint density at radius 3 is 2.62 bits per heavy atom. The zero-order chi connectivity index (χ0) is 17.7. The van der Waals surface area contributed by atoms with E-state index in [4.69, 9.17) is 21.4 Å². The number of benzene rings is 1. The van der Waals surface area contributed by atoms with Gasteiger partial charge in [0.2, 0.25) is 0 Å². The van der Waals surface area contributed by atoms with Gasteiger partial charge in [0.1, 0.15) is 18.0 Å². The third kappa shape index (κ3) is 4.95. The smallest absolute Gasteiger partial charge is 0.325 e. The first kappa shape index (κ1) is 17.7. The number of carboxylic acids is 1. The van der Waals surface area contributed by atoms with E-state index in [2.05, 4.69) is 15.6 Å². The summed E-state index contributed by atoms with van der Waals surface area (Å²) in [6.45, 7) is 3.11. The second-order valence-electron chi connectivity index (χ2n) is 5.55. The summed E-state index contributed by atoms with van der Waals surface area (Å²) >= 11 is 5.81. The van der Waals surface area contributed by atoms with Crippen LogP contribution in [0.3, 0.4) is 0 Å². The van der Waals surface area contributed by atoms with Crippen molar-refractivity contribution < 1.29 is 19.4 Å². The van der Waals surface area contributed by atoms with Crippen molar-refractivity contribution in [3.05, 3.63) is 41.2 Å². The van der Waals surface area contributed by atoms with Gasteiger partial charge in [-0.15, -0.1) is 5.10 Å². The van der Waals surface area contributed by atoms with Crippen LogP contribution >= 0.6 is 11.6 Å². The van der Waals surface area contributed by atoms with Crippen LogP contribution < -0.4 is 10.1 Å². The van der Waals surface area contributed by atoms with Crippen LogP contribution in [0.4, 0.5) is 0 Å². The van der Waals surface area contributed by atoms with Crippen molar-refractivity contribution in [2.75, 3.05) is 0 Å². The quantitative estimate of drug-likeness (QED) is 0.782. The molecular weight excluding hydrogens is 336 g/mol. The van der Waals surface area contributed by atoms with Gasteiger partial charge < -0.3 is 15.2 Å². The summed E-state index contributed by atoms with van der Waals surface area (Å²) in [6, 6.07) is 6.70. The van der Waals surface area contributed by atoms with Gasteiger partial charge >= 0.3 is 5.97 Å². The van der Waals surface area contributed by atoms with Gasteiger partial charge in [0, 0.05) is 5.02 Å². The molecule has 1 aromatic heterocycles. The number of carbonyl (C=O) groups excluding carboxylic acids is 1. The number of carbonyl (C=O) groups is 2. The van der Waals surface area contributed by atoms with Crippen LogP contribution in [0.2, 0.25) is 5.02 Å². The third-order valence-electron chi connectivity index (χ3n) is 3.05. The maximum Gasteiger partial charge on any atom is 0.325 e. The monoisotopic (exact) mass is 352 g/mol. The summed E-state index contributed by atoms with van der Waals surface area (Å²) in [5.41, 5.74) is -0.655. The van der Waals surface area contributed by atoms with Crippen LogP contribution in [-0.4, -0.2) is 37.6 Å². The predicted molar refractivity (Wildman–Crippen MR) is 85.7 cm³/mol. The SMILES string of the molecule is CC(C)(Oc1ccc(Cl)cc1)C(=O)NCc1cn(CC(=O)O)nn1. The number of nitrogens with zero attached hydrogens (tertiary/aromatic N) is 3. The standard InChI is InChI=1S/C15H17ClN4O4/c1-15(2,24-12-5-3-10(16)4-6-12)14(23)17-7-11-8-20(19-18-11)9-13(21)22/h3-6,8H,7,9H2,1-2H3,(H,17,23)(H,21,22). The molecule has 9 heteroatoms. The van der Waals surface area contributed by atoms with Crippen LogP contribution in [0, 0.1) is 0 Å². The highest BCUT2D eigenvalue weighted by Crippen LogP contribution is 2.21. The van der Waals surface area contributed by atoms with Crippen LogP contribution in [0.15, 0.2) is 30.5 Å². The van der Waals surface area contributed by atoms with E-state index in [1.54, 1.807) is 38.1 Å². The maximum absolute atomic E-state index is 12.3. The van der Waals surface area contributed by atoms with E-state index in [0.29, 0.717) is 16.5 Å². The molecule has 0 fully saturated rings. The molecule has 2 rings (SSSR count). The highest BCUT2D eigenvalue weighted by Gasteiger charge is 2.29. The fourth-order valence-electron chi connectivity index (χ4n) is 1.86. The molecule has 0 atom stereocenters. The van der Waals surface area contributed by atoms with E-state index in [9.17, 15) is 9.59 Å². The predicted octanol–water partition coefficient (Wildman–Crippen LogP) is 1.49. The Labute approximate surface area is 143 Å². The molecule has 0 aliphatic rings. The number of rotatable bonds is 7. The van der Waals surface area contributed by atoms with E-state index in [0.717, 1.165) is 0 Å². The minimum atomic E-state index is -1.11. The van der Waals surface area contributed by atoms with Gasteiger partial charge in [-0.1, -0.05) is 16.8 Å².